The van der Waals surface area contributed by atoms with Crippen LogP contribution in [0.2, 0.25) is 0 Å². The fourth-order valence-corrected chi connectivity index (χ4v) is 4.38. The molecule has 3 N–H and O–H groups in total. The van der Waals surface area contributed by atoms with Crippen molar-refractivity contribution < 1.29 is 23.1 Å². The Morgan fingerprint density at radius 3 is 2.79 bits per heavy atom. The molecule has 1 atom stereocenters. The molecule has 2 heterocycles. The number of hydrogen-bond donors (Lipinski definition) is 2. The number of furan rings is 1. The van der Waals surface area contributed by atoms with Crippen LogP contribution >= 0.6 is 0 Å². The minimum absolute atomic E-state index is 0.107. The SMILES string of the molecule is CCOC(=O)Cc1cccc2c1OC(c1cc(-c3cccc(CN)c3F)c3occc3c1)CN2. The van der Waals surface area contributed by atoms with Gasteiger partial charge in [0.2, 0.25) is 0 Å². The fraction of sp³-hybridized carbons (Fsp3) is 0.222. The van der Waals surface area contributed by atoms with E-state index in [2.05, 4.69) is 5.32 Å². The third-order valence-corrected chi connectivity index (χ3v) is 6.01. The molecule has 3 aromatic carbocycles. The zero-order valence-corrected chi connectivity index (χ0v) is 18.8. The van der Waals surface area contributed by atoms with Crippen LogP contribution in [0.15, 0.2) is 65.3 Å². The lowest BCUT2D eigenvalue weighted by Crippen LogP contribution is -2.25. The van der Waals surface area contributed by atoms with Gasteiger partial charge in [0.15, 0.2) is 0 Å². The smallest absolute Gasteiger partial charge is 0.310 e. The third-order valence-electron chi connectivity index (χ3n) is 6.01. The van der Waals surface area contributed by atoms with Gasteiger partial charge in [-0.25, -0.2) is 4.39 Å². The van der Waals surface area contributed by atoms with Gasteiger partial charge < -0.3 is 24.9 Å². The number of hydrogen-bond acceptors (Lipinski definition) is 6. The van der Waals surface area contributed by atoms with Crippen LogP contribution in [0.25, 0.3) is 22.1 Å². The summed E-state index contributed by atoms with van der Waals surface area (Å²) in [6.07, 6.45) is 1.36. The summed E-state index contributed by atoms with van der Waals surface area (Å²) < 4.78 is 32.4. The number of carbonyl (C=O) groups is 1. The number of ether oxygens (including phenoxy) is 2. The van der Waals surface area contributed by atoms with E-state index < -0.39 is 0 Å². The maximum Gasteiger partial charge on any atom is 0.310 e. The highest BCUT2D eigenvalue weighted by atomic mass is 19.1. The highest BCUT2D eigenvalue weighted by Crippen LogP contribution is 2.40. The van der Waals surface area contributed by atoms with Crippen molar-refractivity contribution >= 4 is 22.6 Å². The van der Waals surface area contributed by atoms with Crippen molar-refractivity contribution in [1.29, 1.82) is 0 Å². The van der Waals surface area contributed by atoms with Crippen molar-refractivity contribution in [2.75, 3.05) is 18.5 Å². The Labute approximate surface area is 196 Å². The van der Waals surface area contributed by atoms with Crippen LogP contribution < -0.4 is 15.8 Å². The average molecular weight is 461 g/mol. The Hall–Kier alpha value is -3.84. The fourth-order valence-electron chi connectivity index (χ4n) is 4.38. The number of benzene rings is 3. The molecule has 1 aliphatic rings. The summed E-state index contributed by atoms with van der Waals surface area (Å²) in [6.45, 7) is 2.73. The molecule has 0 radical (unpaired) electrons. The van der Waals surface area contributed by atoms with E-state index in [-0.39, 0.29) is 30.9 Å². The average Bonchev–Trinajstić information content (AvgIpc) is 3.33. The second kappa shape index (κ2) is 9.19. The van der Waals surface area contributed by atoms with Crippen LogP contribution in [-0.4, -0.2) is 19.1 Å². The third kappa shape index (κ3) is 3.99. The molecule has 4 aromatic rings. The minimum Gasteiger partial charge on any atom is -0.481 e. The van der Waals surface area contributed by atoms with Gasteiger partial charge >= 0.3 is 5.97 Å². The predicted octanol–water partition coefficient (Wildman–Crippen LogP) is 5.35. The molecule has 0 aliphatic carbocycles. The van der Waals surface area contributed by atoms with E-state index in [1.807, 2.05) is 36.4 Å². The van der Waals surface area contributed by atoms with E-state index in [1.165, 1.54) is 0 Å². The molecule has 0 amide bonds. The highest BCUT2D eigenvalue weighted by molar-refractivity contribution is 5.93. The quantitative estimate of drug-likeness (QED) is 0.377. The summed E-state index contributed by atoms with van der Waals surface area (Å²) in [6, 6.07) is 16.6. The van der Waals surface area contributed by atoms with Gasteiger partial charge in [-0.05, 0) is 36.8 Å². The monoisotopic (exact) mass is 460 g/mol. The van der Waals surface area contributed by atoms with E-state index >= 15 is 4.39 Å². The number of esters is 1. The summed E-state index contributed by atoms with van der Waals surface area (Å²) in [5.74, 6) is -0.0412. The van der Waals surface area contributed by atoms with Gasteiger partial charge in [-0.3, -0.25) is 4.79 Å². The lowest BCUT2D eigenvalue weighted by Gasteiger charge is -2.29. The van der Waals surface area contributed by atoms with E-state index in [9.17, 15) is 4.79 Å². The summed E-state index contributed by atoms with van der Waals surface area (Å²) in [7, 11) is 0. The number of carbonyl (C=O) groups excluding carboxylic acids is 1. The Morgan fingerprint density at radius 1 is 1.15 bits per heavy atom. The first-order valence-electron chi connectivity index (χ1n) is 11.3. The number of anilines is 1. The number of rotatable bonds is 6. The molecule has 0 saturated carbocycles. The lowest BCUT2D eigenvalue weighted by molar-refractivity contribution is -0.142. The molecule has 34 heavy (non-hydrogen) atoms. The zero-order chi connectivity index (χ0) is 23.7. The normalized spacial score (nSPS) is 14.9. The van der Waals surface area contributed by atoms with Crippen LogP contribution in [0.1, 0.15) is 29.7 Å². The molecule has 0 bridgehead atoms. The molecule has 1 aromatic heterocycles. The van der Waals surface area contributed by atoms with Gasteiger partial charge in [0, 0.05) is 34.2 Å². The Bertz CT molecular complexity index is 1360. The molecule has 5 rings (SSSR count). The zero-order valence-electron chi connectivity index (χ0n) is 18.8. The summed E-state index contributed by atoms with van der Waals surface area (Å²) >= 11 is 0. The van der Waals surface area contributed by atoms with Crippen molar-refractivity contribution in [2.24, 2.45) is 5.73 Å². The van der Waals surface area contributed by atoms with Crippen LogP contribution in [0.4, 0.5) is 10.1 Å². The molecule has 0 saturated heterocycles. The Kier molecular flexibility index (Phi) is 5.94. The molecule has 7 heteroatoms. The largest absolute Gasteiger partial charge is 0.481 e. The second-order valence-corrected chi connectivity index (χ2v) is 8.15. The van der Waals surface area contributed by atoms with Crippen molar-refractivity contribution in [3.8, 4) is 16.9 Å². The Morgan fingerprint density at radius 2 is 1.97 bits per heavy atom. The number of fused-ring (bicyclic) bond motifs is 2. The molecule has 0 fully saturated rings. The molecule has 0 spiro atoms. The number of para-hydroxylation sites is 1. The van der Waals surface area contributed by atoms with Gasteiger partial charge in [-0.15, -0.1) is 0 Å². The van der Waals surface area contributed by atoms with Gasteiger partial charge in [-0.1, -0.05) is 30.3 Å². The van der Waals surface area contributed by atoms with E-state index in [0.717, 1.165) is 22.2 Å². The van der Waals surface area contributed by atoms with Crippen molar-refractivity contribution in [3.63, 3.8) is 0 Å². The maximum absolute atomic E-state index is 15.2. The van der Waals surface area contributed by atoms with Crippen LogP contribution in [0, 0.1) is 5.82 Å². The molecule has 6 nitrogen and oxygen atoms in total. The first-order valence-corrected chi connectivity index (χ1v) is 11.3. The van der Waals surface area contributed by atoms with E-state index in [0.29, 0.717) is 41.2 Å². The van der Waals surface area contributed by atoms with Gasteiger partial charge in [0.1, 0.15) is 23.3 Å². The highest BCUT2D eigenvalue weighted by Gasteiger charge is 2.26. The maximum atomic E-state index is 15.2. The van der Waals surface area contributed by atoms with Gasteiger partial charge in [0.05, 0.1) is 31.5 Å². The summed E-state index contributed by atoms with van der Waals surface area (Å²) in [5, 5.41) is 4.24. The van der Waals surface area contributed by atoms with Crippen LogP contribution in [0.3, 0.4) is 0 Å². The molecule has 1 unspecified atom stereocenters. The minimum atomic E-state index is -0.357. The summed E-state index contributed by atoms with van der Waals surface area (Å²) in [4.78, 5) is 12.1. The molecular weight excluding hydrogens is 435 g/mol. The first kappa shape index (κ1) is 22.0. The molecular formula is C27H25FN2O4. The van der Waals surface area contributed by atoms with Gasteiger partial charge in [0.25, 0.3) is 0 Å². The summed E-state index contributed by atoms with van der Waals surface area (Å²) in [5.41, 5.74) is 10.3. The van der Waals surface area contributed by atoms with Crippen molar-refractivity contribution in [3.05, 3.63) is 83.4 Å². The molecule has 174 valence electrons. The topological polar surface area (TPSA) is 86.7 Å². The van der Waals surface area contributed by atoms with Crippen molar-refractivity contribution in [1.82, 2.24) is 0 Å². The number of nitrogens with two attached hydrogens (primary N) is 1. The van der Waals surface area contributed by atoms with Crippen molar-refractivity contribution in [2.45, 2.75) is 26.0 Å². The number of nitrogens with one attached hydrogen (secondary N) is 1. The second-order valence-electron chi connectivity index (χ2n) is 8.15. The molecule has 1 aliphatic heterocycles. The number of halogens is 1. The van der Waals surface area contributed by atoms with E-state index in [4.69, 9.17) is 19.6 Å². The van der Waals surface area contributed by atoms with Gasteiger partial charge in [-0.2, -0.15) is 0 Å². The predicted molar refractivity (Wildman–Crippen MR) is 128 cm³/mol. The van der Waals surface area contributed by atoms with Crippen LogP contribution in [-0.2, 0) is 22.5 Å². The Balaban J connectivity index is 1.54. The standard InChI is InChI=1S/C27H25FN2O4/c1-2-32-24(31)13-16-5-4-8-22-27(16)34-23(15-30-22)19-11-17-9-10-33-26(17)21(12-19)20-7-3-6-18(14-29)25(20)28/h3-12,23,30H,2,13-15,29H2,1H3. The van der Waals surface area contributed by atoms with E-state index in [1.54, 1.807) is 31.4 Å². The first-order chi connectivity index (χ1) is 16.6. The van der Waals surface area contributed by atoms with Crippen LogP contribution in [0.5, 0.6) is 5.75 Å². The lowest BCUT2D eigenvalue weighted by atomic mass is 9.95.